The average molecular weight is 208 g/mol. The third-order valence-electron chi connectivity index (χ3n) is 2.52. The van der Waals surface area contributed by atoms with Crippen LogP contribution in [0.1, 0.15) is 12.5 Å². The van der Waals surface area contributed by atoms with Crippen LogP contribution in [0.5, 0.6) is 5.75 Å². The Morgan fingerprint density at radius 3 is 2.87 bits per heavy atom. The molecule has 1 saturated heterocycles. The minimum Gasteiger partial charge on any atom is -0.490 e. The number of aliphatic hydroxyl groups excluding tert-OH is 1. The molecule has 1 atom stereocenters. The molecule has 1 N–H and O–H groups in total. The van der Waals surface area contributed by atoms with Gasteiger partial charge in [-0.25, -0.2) is 0 Å². The smallest absolute Gasteiger partial charge is 0.123 e. The molecule has 3 heteroatoms. The first-order valence-corrected chi connectivity index (χ1v) is 5.19. The van der Waals surface area contributed by atoms with Crippen molar-refractivity contribution in [3.63, 3.8) is 0 Å². The van der Waals surface area contributed by atoms with Gasteiger partial charge in [0.1, 0.15) is 18.0 Å². The van der Waals surface area contributed by atoms with E-state index < -0.39 is 0 Å². The number of rotatable bonds is 5. The van der Waals surface area contributed by atoms with E-state index in [1.165, 1.54) is 0 Å². The summed E-state index contributed by atoms with van der Waals surface area (Å²) in [5.41, 5.74) is 0.955. The lowest BCUT2D eigenvalue weighted by molar-refractivity contribution is 0.200. The Balaban J connectivity index is 1.99. The number of hydrogen-bond acceptors (Lipinski definition) is 3. The number of ether oxygens (including phenoxy) is 2. The van der Waals surface area contributed by atoms with Crippen LogP contribution in [-0.2, 0) is 11.2 Å². The average Bonchev–Trinajstić information content (AvgIpc) is 2.97. The van der Waals surface area contributed by atoms with Crippen molar-refractivity contribution in [3.8, 4) is 5.75 Å². The van der Waals surface area contributed by atoms with Gasteiger partial charge >= 0.3 is 0 Å². The van der Waals surface area contributed by atoms with Crippen molar-refractivity contribution in [2.45, 2.75) is 18.9 Å². The van der Waals surface area contributed by atoms with Gasteiger partial charge < -0.3 is 14.6 Å². The molecule has 0 aliphatic carbocycles. The van der Waals surface area contributed by atoms with Crippen molar-refractivity contribution >= 4 is 0 Å². The molecule has 82 valence electrons. The van der Waals surface area contributed by atoms with Crippen LogP contribution in [0.15, 0.2) is 24.3 Å². The fourth-order valence-corrected chi connectivity index (χ4v) is 1.41. The standard InChI is InChI=1S/C12H16O3/c1-12(9-15-12)8-14-11-5-3-2-4-10(11)6-7-13/h2-5,13H,6-9H2,1H3. The van der Waals surface area contributed by atoms with E-state index in [1.807, 2.05) is 31.2 Å². The van der Waals surface area contributed by atoms with Crippen LogP contribution < -0.4 is 4.74 Å². The second kappa shape index (κ2) is 4.21. The maximum atomic E-state index is 8.90. The zero-order chi connectivity index (χ0) is 10.7. The maximum absolute atomic E-state index is 8.90. The van der Waals surface area contributed by atoms with Gasteiger partial charge in [-0.15, -0.1) is 0 Å². The van der Waals surface area contributed by atoms with Crippen LogP contribution in [0, 0.1) is 0 Å². The molecule has 2 rings (SSSR count). The van der Waals surface area contributed by atoms with Gasteiger partial charge in [-0.3, -0.25) is 0 Å². The summed E-state index contributed by atoms with van der Waals surface area (Å²) in [6.45, 7) is 3.53. The van der Waals surface area contributed by atoms with Crippen LogP contribution in [0.25, 0.3) is 0 Å². The largest absolute Gasteiger partial charge is 0.490 e. The van der Waals surface area contributed by atoms with E-state index in [1.54, 1.807) is 0 Å². The SMILES string of the molecule is CC1(COc2ccccc2CCO)CO1. The van der Waals surface area contributed by atoms with Crippen LogP contribution in [0.3, 0.4) is 0 Å². The van der Waals surface area contributed by atoms with E-state index in [4.69, 9.17) is 14.6 Å². The normalized spacial score (nSPS) is 23.9. The second-order valence-electron chi connectivity index (χ2n) is 4.11. The zero-order valence-corrected chi connectivity index (χ0v) is 8.90. The fourth-order valence-electron chi connectivity index (χ4n) is 1.41. The van der Waals surface area contributed by atoms with E-state index in [0.717, 1.165) is 17.9 Å². The van der Waals surface area contributed by atoms with Gasteiger partial charge in [0.05, 0.1) is 6.61 Å². The first kappa shape index (κ1) is 10.5. The highest BCUT2D eigenvalue weighted by Crippen LogP contribution is 2.28. The first-order valence-electron chi connectivity index (χ1n) is 5.19. The maximum Gasteiger partial charge on any atom is 0.123 e. The molecule has 1 unspecified atom stereocenters. The fraction of sp³-hybridized carbons (Fsp3) is 0.500. The molecule has 1 fully saturated rings. The van der Waals surface area contributed by atoms with E-state index in [-0.39, 0.29) is 12.2 Å². The highest BCUT2D eigenvalue weighted by atomic mass is 16.6. The molecule has 0 aromatic heterocycles. The molecule has 0 bridgehead atoms. The molecule has 1 heterocycles. The third kappa shape index (κ3) is 2.70. The minimum atomic E-state index is -0.0909. The number of aliphatic hydroxyl groups is 1. The first-order chi connectivity index (χ1) is 7.23. The van der Waals surface area contributed by atoms with Crippen LogP contribution in [0.2, 0.25) is 0 Å². The Kier molecular flexibility index (Phi) is 2.93. The molecule has 15 heavy (non-hydrogen) atoms. The Bertz CT molecular complexity index is 331. The topological polar surface area (TPSA) is 42.0 Å². The highest BCUT2D eigenvalue weighted by molar-refractivity contribution is 5.33. The summed E-state index contributed by atoms with van der Waals surface area (Å²) < 4.78 is 10.9. The molecule has 1 aromatic rings. The molecule has 1 aromatic carbocycles. The van der Waals surface area contributed by atoms with E-state index in [0.29, 0.717) is 13.0 Å². The third-order valence-corrected chi connectivity index (χ3v) is 2.52. The van der Waals surface area contributed by atoms with Crippen molar-refractivity contribution in [2.24, 2.45) is 0 Å². The van der Waals surface area contributed by atoms with Crippen molar-refractivity contribution in [2.75, 3.05) is 19.8 Å². The Morgan fingerprint density at radius 2 is 2.20 bits per heavy atom. The van der Waals surface area contributed by atoms with Crippen molar-refractivity contribution < 1.29 is 14.6 Å². The van der Waals surface area contributed by atoms with E-state index >= 15 is 0 Å². The van der Waals surface area contributed by atoms with Crippen molar-refractivity contribution in [1.82, 2.24) is 0 Å². The molecule has 1 aliphatic heterocycles. The van der Waals surface area contributed by atoms with E-state index in [2.05, 4.69) is 0 Å². The quantitative estimate of drug-likeness (QED) is 0.743. The summed E-state index contributed by atoms with van der Waals surface area (Å²) >= 11 is 0. The Hall–Kier alpha value is -1.06. The van der Waals surface area contributed by atoms with Gasteiger partial charge in [-0.05, 0) is 25.0 Å². The van der Waals surface area contributed by atoms with Crippen molar-refractivity contribution in [3.05, 3.63) is 29.8 Å². The lowest BCUT2D eigenvalue weighted by atomic mass is 10.1. The van der Waals surface area contributed by atoms with Gasteiger partial charge in [0, 0.05) is 6.61 Å². The van der Waals surface area contributed by atoms with Crippen molar-refractivity contribution in [1.29, 1.82) is 0 Å². The molecule has 0 spiro atoms. The number of benzene rings is 1. The summed E-state index contributed by atoms with van der Waals surface area (Å²) in [5, 5.41) is 8.90. The summed E-state index contributed by atoms with van der Waals surface area (Å²) in [5.74, 6) is 0.850. The predicted octanol–water partition coefficient (Wildman–Crippen LogP) is 1.39. The highest BCUT2D eigenvalue weighted by Gasteiger charge is 2.40. The monoisotopic (exact) mass is 208 g/mol. The molecule has 0 radical (unpaired) electrons. The van der Waals surface area contributed by atoms with Crippen LogP contribution >= 0.6 is 0 Å². The van der Waals surface area contributed by atoms with E-state index in [9.17, 15) is 0 Å². The number of para-hydroxylation sites is 1. The van der Waals surface area contributed by atoms with Gasteiger partial charge in [-0.2, -0.15) is 0 Å². The lowest BCUT2D eigenvalue weighted by Crippen LogP contribution is -2.17. The summed E-state index contributed by atoms with van der Waals surface area (Å²) in [4.78, 5) is 0. The zero-order valence-electron chi connectivity index (χ0n) is 8.90. The number of epoxide rings is 1. The lowest BCUT2D eigenvalue weighted by Gasteiger charge is -2.12. The van der Waals surface area contributed by atoms with Crippen LogP contribution in [-0.4, -0.2) is 30.5 Å². The molecule has 0 amide bonds. The molecule has 0 saturated carbocycles. The Labute approximate surface area is 89.6 Å². The van der Waals surface area contributed by atoms with Gasteiger partial charge in [0.2, 0.25) is 0 Å². The molecule has 3 nitrogen and oxygen atoms in total. The molecular formula is C12H16O3. The number of hydrogen-bond donors (Lipinski definition) is 1. The summed E-state index contributed by atoms with van der Waals surface area (Å²) in [6.07, 6.45) is 0.633. The second-order valence-corrected chi connectivity index (χ2v) is 4.11. The minimum absolute atomic E-state index is 0.0909. The predicted molar refractivity (Wildman–Crippen MR) is 57.1 cm³/mol. The molecular weight excluding hydrogens is 192 g/mol. The molecule has 1 aliphatic rings. The summed E-state index contributed by atoms with van der Waals surface area (Å²) in [6, 6.07) is 7.79. The Morgan fingerprint density at radius 1 is 1.47 bits per heavy atom. The van der Waals surface area contributed by atoms with Gasteiger partial charge in [0.15, 0.2) is 0 Å². The van der Waals surface area contributed by atoms with Crippen LogP contribution in [0.4, 0.5) is 0 Å². The van der Waals surface area contributed by atoms with Gasteiger partial charge in [0.25, 0.3) is 0 Å². The van der Waals surface area contributed by atoms with Gasteiger partial charge in [-0.1, -0.05) is 18.2 Å². The summed E-state index contributed by atoms with van der Waals surface area (Å²) in [7, 11) is 0.